The molecule has 3 heterocycles. The highest BCUT2D eigenvalue weighted by Gasteiger charge is 2.34. The van der Waals surface area contributed by atoms with Gasteiger partial charge in [-0.15, -0.1) is 5.10 Å². The average molecular weight is 326 g/mol. The largest absolute Gasteiger partial charge is 0.351 e. The molecule has 8 heteroatoms. The van der Waals surface area contributed by atoms with Gasteiger partial charge >= 0.3 is 0 Å². The number of rotatable bonds is 4. The van der Waals surface area contributed by atoms with Gasteiger partial charge in [0.25, 0.3) is 11.5 Å². The second-order valence-electron chi connectivity index (χ2n) is 6.36. The molecule has 2 aromatic rings. The summed E-state index contributed by atoms with van der Waals surface area (Å²) in [6.45, 7) is 1.39. The lowest BCUT2D eigenvalue weighted by Crippen LogP contribution is -2.60. The molecule has 1 N–H and O–H groups in total. The molecule has 2 aliphatic rings. The molecule has 24 heavy (non-hydrogen) atoms. The molecule has 1 saturated carbocycles. The summed E-state index contributed by atoms with van der Waals surface area (Å²) in [6.07, 6.45) is 3.67. The third-order valence-corrected chi connectivity index (χ3v) is 4.62. The van der Waals surface area contributed by atoms with Crippen molar-refractivity contribution in [2.45, 2.75) is 24.8 Å². The van der Waals surface area contributed by atoms with Gasteiger partial charge in [-0.3, -0.25) is 9.59 Å². The molecule has 0 unspecified atom stereocenters. The molecule has 2 aromatic heterocycles. The van der Waals surface area contributed by atoms with E-state index in [4.69, 9.17) is 0 Å². The fourth-order valence-corrected chi connectivity index (χ4v) is 2.82. The van der Waals surface area contributed by atoms with Crippen molar-refractivity contribution in [1.82, 2.24) is 25.1 Å². The highest BCUT2D eigenvalue weighted by molar-refractivity contribution is 5.92. The molecule has 1 aliphatic carbocycles. The monoisotopic (exact) mass is 326 g/mol. The molecule has 0 spiro atoms. The van der Waals surface area contributed by atoms with E-state index in [1.165, 1.54) is 25.2 Å². The Labute approximate surface area is 138 Å². The van der Waals surface area contributed by atoms with Crippen LogP contribution >= 0.6 is 0 Å². The van der Waals surface area contributed by atoms with Gasteiger partial charge in [-0.05, 0) is 25.0 Å². The maximum absolute atomic E-state index is 12.4. The summed E-state index contributed by atoms with van der Waals surface area (Å²) in [7, 11) is 1.73. The first-order valence-electron chi connectivity index (χ1n) is 8.02. The zero-order valence-corrected chi connectivity index (χ0v) is 13.3. The molecule has 124 valence electrons. The molecule has 0 radical (unpaired) electrons. The quantitative estimate of drug-likeness (QED) is 0.874. The number of aromatic amines is 1. The van der Waals surface area contributed by atoms with Crippen LogP contribution in [-0.4, -0.2) is 57.2 Å². The van der Waals surface area contributed by atoms with Crippen LogP contribution in [0.15, 0.2) is 29.3 Å². The predicted octanol–water partition coefficient (Wildman–Crippen LogP) is 0.398. The second kappa shape index (κ2) is 5.70. The van der Waals surface area contributed by atoms with Crippen molar-refractivity contribution in [3.05, 3.63) is 46.3 Å². The number of carbonyl (C=O) groups excluding carboxylic acids is 1. The van der Waals surface area contributed by atoms with E-state index in [0.29, 0.717) is 19.0 Å². The predicted molar refractivity (Wildman–Crippen MR) is 87.0 cm³/mol. The fourth-order valence-electron chi connectivity index (χ4n) is 2.82. The Morgan fingerprint density at radius 2 is 2.08 bits per heavy atom. The van der Waals surface area contributed by atoms with Crippen molar-refractivity contribution in [2.75, 3.05) is 25.0 Å². The van der Waals surface area contributed by atoms with Crippen LogP contribution in [0, 0.1) is 0 Å². The van der Waals surface area contributed by atoms with Gasteiger partial charge in [0, 0.05) is 32.1 Å². The van der Waals surface area contributed by atoms with Crippen molar-refractivity contribution in [1.29, 1.82) is 0 Å². The van der Waals surface area contributed by atoms with E-state index < -0.39 is 0 Å². The molecule has 1 saturated heterocycles. The number of hydrogen-bond donors (Lipinski definition) is 1. The smallest absolute Gasteiger partial charge is 0.272 e. The molecular weight excluding hydrogens is 308 g/mol. The molecule has 1 aliphatic heterocycles. The Bertz CT molecular complexity index is 808. The lowest BCUT2D eigenvalue weighted by Gasteiger charge is -2.44. The first-order valence-corrected chi connectivity index (χ1v) is 8.02. The van der Waals surface area contributed by atoms with Crippen LogP contribution in [0.2, 0.25) is 0 Å². The van der Waals surface area contributed by atoms with E-state index in [-0.39, 0.29) is 23.2 Å². The summed E-state index contributed by atoms with van der Waals surface area (Å²) in [5.41, 5.74) is 0.903. The van der Waals surface area contributed by atoms with Crippen LogP contribution in [0.4, 0.5) is 5.82 Å². The van der Waals surface area contributed by atoms with Crippen LogP contribution in [0.1, 0.15) is 34.9 Å². The molecule has 0 atom stereocenters. The van der Waals surface area contributed by atoms with E-state index in [1.54, 1.807) is 11.9 Å². The Morgan fingerprint density at radius 3 is 2.71 bits per heavy atom. The number of anilines is 1. The summed E-state index contributed by atoms with van der Waals surface area (Å²) < 4.78 is 0. The van der Waals surface area contributed by atoms with Gasteiger partial charge in [0.05, 0.1) is 18.1 Å². The van der Waals surface area contributed by atoms with Gasteiger partial charge in [-0.1, -0.05) is 0 Å². The normalized spacial score (nSPS) is 17.5. The standard InChI is InChI=1S/C16H18N6O2/c1-21(16(24)13-6-15(23)18-9-17-13)11-7-22(8-11)14-5-4-12(19-20-14)10-2-3-10/h4-6,9-11H,2-3,7-8H2,1H3,(H,17,18,23). The molecular formula is C16H18N6O2. The lowest BCUT2D eigenvalue weighted by atomic mass is 10.1. The lowest BCUT2D eigenvalue weighted by molar-refractivity contribution is 0.0698. The molecule has 2 fully saturated rings. The summed E-state index contributed by atoms with van der Waals surface area (Å²) in [4.78, 5) is 33.7. The van der Waals surface area contributed by atoms with Crippen LogP contribution in [0.25, 0.3) is 0 Å². The number of nitrogens with one attached hydrogen (secondary N) is 1. The Morgan fingerprint density at radius 1 is 1.29 bits per heavy atom. The first-order chi connectivity index (χ1) is 11.6. The van der Waals surface area contributed by atoms with E-state index >= 15 is 0 Å². The number of nitrogens with zero attached hydrogens (tertiary/aromatic N) is 5. The van der Waals surface area contributed by atoms with E-state index in [1.807, 2.05) is 12.1 Å². The zero-order valence-electron chi connectivity index (χ0n) is 13.3. The number of H-pyrrole nitrogens is 1. The Kier molecular flexibility index (Phi) is 3.51. The number of aromatic nitrogens is 4. The van der Waals surface area contributed by atoms with Crippen LogP contribution in [-0.2, 0) is 0 Å². The molecule has 0 bridgehead atoms. The van der Waals surface area contributed by atoms with Gasteiger partial charge in [-0.25, -0.2) is 4.98 Å². The first kappa shape index (κ1) is 14.8. The van der Waals surface area contributed by atoms with E-state index in [2.05, 4.69) is 25.1 Å². The average Bonchev–Trinajstić information content (AvgIpc) is 3.38. The van der Waals surface area contributed by atoms with Gasteiger partial charge in [0.1, 0.15) is 5.69 Å². The van der Waals surface area contributed by atoms with Crippen LogP contribution in [0.5, 0.6) is 0 Å². The van der Waals surface area contributed by atoms with Crippen LogP contribution in [0.3, 0.4) is 0 Å². The van der Waals surface area contributed by atoms with Crippen molar-refractivity contribution in [3.63, 3.8) is 0 Å². The van der Waals surface area contributed by atoms with Crippen molar-refractivity contribution < 1.29 is 4.79 Å². The van der Waals surface area contributed by atoms with E-state index in [0.717, 1.165) is 11.5 Å². The third kappa shape index (κ3) is 2.75. The van der Waals surface area contributed by atoms with Gasteiger partial charge in [-0.2, -0.15) is 5.10 Å². The van der Waals surface area contributed by atoms with Crippen molar-refractivity contribution in [2.24, 2.45) is 0 Å². The summed E-state index contributed by atoms with van der Waals surface area (Å²) in [5.74, 6) is 1.19. The maximum Gasteiger partial charge on any atom is 0.272 e. The highest BCUT2D eigenvalue weighted by Crippen LogP contribution is 2.38. The van der Waals surface area contributed by atoms with Gasteiger partial charge < -0.3 is 14.8 Å². The van der Waals surface area contributed by atoms with E-state index in [9.17, 15) is 9.59 Å². The summed E-state index contributed by atoms with van der Waals surface area (Å²) >= 11 is 0. The molecule has 1 amide bonds. The van der Waals surface area contributed by atoms with Crippen molar-refractivity contribution >= 4 is 11.7 Å². The zero-order chi connectivity index (χ0) is 16.7. The minimum atomic E-state index is -0.331. The Balaban J connectivity index is 1.37. The van der Waals surface area contributed by atoms with Gasteiger partial charge in [0.2, 0.25) is 0 Å². The summed E-state index contributed by atoms with van der Waals surface area (Å²) in [5, 5.41) is 8.57. The fraction of sp³-hybridized carbons (Fsp3) is 0.438. The minimum Gasteiger partial charge on any atom is -0.351 e. The topological polar surface area (TPSA) is 95.1 Å². The highest BCUT2D eigenvalue weighted by atomic mass is 16.2. The Hall–Kier alpha value is -2.77. The molecule has 4 rings (SSSR count). The minimum absolute atomic E-state index is 0.0727. The number of likely N-dealkylation sites (N-methyl/N-ethyl adjacent to an activating group) is 1. The number of amides is 1. The van der Waals surface area contributed by atoms with Crippen LogP contribution < -0.4 is 10.5 Å². The van der Waals surface area contributed by atoms with Crippen molar-refractivity contribution in [3.8, 4) is 0 Å². The summed E-state index contributed by atoms with van der Waals surface area (Å²) in [6, 6.07) is 5.33. The molecule has 8 nitrogen and oxygen atoms in total. The SMILES string of the molecule is CN(C(=O)c1cc(=O)[nH]cn1)C1CN(c2ccc(C3CC3)nn2)C1. The number of carbonyl (C=O) groups is 1. The number of hydrogen-bond acceptors (Lipinski definition) is 6. The maximum atomic E-state index is 12.4. The second-order valence-corrected chi connectivity index (χ2v) is 6.36. The third-order valence-electron chi connectivity index (χ3n) is 4.62. The van der Waals surface area contributed by atoms with Gasteiger partial charge in [0.15, 0.2) is 5.82 Å². The molecule has 0 aromatic carbocycles.